The summed E-state index contributed by atoms with van der Waals surface area (Å²) in [5, 5.41) is 0. The maximum absolute atomic E-state index is 5.98. The van der Waals surface area contributed by atoms with Crippen LogP contribution in [0, 0.1) is 11.8 Å². The zero-order valence-electron chi connectivity index (χ0n) is 19.0. The van der Waals surface area contributed by atoms with Crippen LogP contribution in [-0.2, 0) is 9.47 Å². The predicted octanol–water partition coefficient (Wildman–Crippen LogP) is 7.92. The third-order valence-corrected chi connectivity index (χ3v) is 5.06. The van der Waals surface area contributed by atoms with Gasteiger partial charge < -0.3 is 9.47 Å². The predicted molar refractivity (Wildman–Crippen MR) is 116 cm³/mol. The van der Waals surface area contributed by atoms with Gasteiger partial charge in [0.2, 0.25) is 0 Å². The summed E-state index contributed by atoms with van der Waals surface area (Å²) < 4.78 is 12.0. The summed E-state index contributed by atoms with van der Waals surface area (Å²) in [4.78, 5) is 0. The highest BCUT2D eigenvalue weighted by atomic mass is 16.7. The summed E-state index contributed by atoms with van der Waals surface area (Å²) in [7, 11) is 0. The van der Waals surface area contributed by atoms with Crippen molar-refractivity contribution in [1.29, 1.82) is 0 Å². The Morgan fingerprint density at radius 2 is 1.50 bits per heavy atom. The highest BCUT2D eigenvalue weighted by Crippen LogP contribution is 2.23. The molecule has 0 saturated heterocycles. The van der Waals surface area contributed by atoms with Gasteiger partial charge in [0.1, 0.15) is 0 Å². The third-order valence-electron chi connectivity index (χ3n) is 5.06. The van der Waals surface area contributed by atoms with Gasteiger partial charge >= 0.3 is 0 Å². The fourth-order valence-corrected chi connectivity index (χ4v) is 3.25. The lowest BCUT2D eigenvalue weighted by molar-refractivity contribution is -0.228. The van der Waals surface area contributed by atoms with Crippen molar-refractivity contribution in [3.8, 4) is 0 Å². The summed E-state index contributed by atoms with van der Waals surface area (Å²) in [6, 6.07) is 0. The molecule has 0 aromatic carbocycles. The minimum absolute atomic E-state index is 0.423. The van der Waals surface area contributed by atoms with Crippen molar-refractivity contribution < 1.29 is 9.47 Å². The fourth-order valence-electron chi connectivity index (χ4n) is 3.25. The van der Waals surface area contributed by atoms with E-state index in [1.807, 2.05) is 0 Å². The van der Waals surface area contributed by atoms with Gasteiger partial charge in [-0.3, -0.25) is 0 Å². The highest BCUT2D eigenvalue weighted by Gasteiger charge is 2.24. The van der Waals surface area contributed by atoms with Crippen molar-refractivity contribution in [2.75, 3.05) is 13.2 Å². The molecule has 0 aliphatic carbocycles. The maximum atomic E-state index is 5.98. The Morgan fingerprint density at radius 3 is 2.04 bits per heavy atom. The Balaban J connectivity index is 4.06. The normalized spacial score (nSPS) is 14.2. The molecular weight excluding hydrogens is 320 g/mol. The van der Waals surface area contributed by atoms with Crippen molar-refractivity contribution in [2.45, 2.75) is 118 Å². The van der Waals surface area contributed by atoms with E-state index in [0.29, 0.717) is 0 Å². The molecule has 0 N–H and O–H groups in total. The van der Waals surface area contributed by atoms with E-state index in [-0.39, 0.29) is 0 Å². The van der Waals surface area contributed by atoms with E-state index in [1.165, 1.54) is 44.1 Å². The Kier molecular flexibility index (Phi) is 15.5. The van der Waals surface area contributed by atoms with Crippen molar-refractivity contribution in [3.05, 3.63) is 11.6 Å². The van der Waals surface area contributed by atoms with Crippen LogP contribution in [0.3, 0.4) is 0 Å². The van der Waals surface area contributed by atoms with Gasteiger partial charge in [0.15, 0.2) is 5.79 Å². The molecule has 0 saturated carbocycles. The van der Waals surface area contributed by atoms with Gasteiger partial charge in [0, 0.05) is 19.6 Å². The van der Waals surface area contributed by atoms with Crippen LogP contribution in [0.1, 0.15) is 113 Å². The maximum Gasteiger partial charge on any atom is 0.165 e. The monoisotopic (exact) mass is 368 g/mol. The number of rotatable bonds is 17. The smallest absolute Gasteiger partial charge is 0.165 e. The van der Waals surface area contributed by atoms with E-state index in [4.69, 9.17) is 9.47 Å². The van der Waals surface area contributed by atoms with Crippen LogP contribution in [0.25, 0.3) is 0 Å². The van der Waals surface area contributed by atoms with Gasteiger partial charge in [-0.05, 0) is 57.8 Å². The quantitative estimate of drug-likeness (QED) is 0.192. The molecule has 0 spiro atoms. The minimum Gasteiger partial charge on any atom is -0.350 e. The molecule has 1 unspecified atom stereocenters. The largest absolute Gasteiger partial charge is 0.350 e. The molecule has 0 rings (SSSR count). The lowest BCUT2D eigenvalue weighted by atomic mass is 9.94. The Morgan fingerprint density at radius 1 is 0.923 bits per heavy atom. The van der Waals surface area contributed by atoms with Gasteiger partial charge in [-0.2, -0.15) is 0 Å². The van der Waals surface area contributed by atoms with Crippen LogP contribution >= 0.6 is 0 Å². The molecule has 2 nitrogen and oxygen atoms in total. The van der Waals surface area contributed by atoms with Crippen molar-refractivity contribution >= 4 is 0 Å². The zero-order valence-corrected chi connectivity index (χ0v) is 19.0. The van der Waals surface area contributed by atoms with Crippen LogP contribution in [-0.4, -0.2) is 19.0 Å². The average molecular weight is 369 g/mol. The first-order chi connectivity index (χ1) is 12.3. The summed E-state index contributed by atoms with van der Waals surface area (Å²) >= 11 is 0. The van der Waals surface area contributed by atoms with Crippen LogP contribution < -0.4 is 0 Å². The van der Waals surface area contributed by atoms with Gasteiger partial charge in [-0.1, -0.05) is 72.0 Å². The molecule has 0 aromatic rings. The summed E-state index contributed by atoms with van der Waals surface area (Å²) in [5.74, 6) is 1.30. The second-order valence-corrected chi connectivity index (χ2v) is 8.74. The molecule has 0 aromatic heterocycles. The number of ether oxygens (including phenoxy) is 2. The number of hydrogen-bond donors (Lipinski definition) is 0. The molecule has 1 atom stereocenters. The minimum atomic E-state index is -0.423. The van der Waals surface area contributed by atoms with E-state index < -0.39 is 5.79 Å². The highest BCUT2D eigenvalue weighted by molar-refractivity contribution is 4.98. The fraction of sp³-hybridized carbons (Fsp3) is 0.917. The Hall–Kier alpha value is -0.340. The first-order valence-electron chi connectivity index (χ1n) is 11.3. The number of hydrogen-bond acceptors (Lipinski definition) is 2. The van der Waals surface area contributed by atoms with Crippen LogP contribution in [0.2, 0.25) is 0 Å². The van der Waals surface area contributed by atoms with Gasteiger partial charge in [-0.25, -0.2) is 0 Å². The molecule has 0 aliphatic heterocycles. The second-order valence-electron chi connectivity index (χ2n) is 8.74. The molecule has 2 heteroatoms. The lowest BCUT2D eigenvalue weighted by Crippen LogP contribution is -2.33. The van der Waals surface area contributed by atoms with Crippen LogP contribution in [0.4, 0.5) is 0 Å². The van der Waals surface area contributed by atoms with Crippen molar-refractivity contribution in [2.24, 2.45) is 11.8 Å². The molecule has 0 radical (unpaired) electrons. The molecule has 26 heavy (non-hydrogen) atoms. The van der Waals surface area contributed by atoms with E-state index in [9.17, 15) is 0 Å². The van der Waals surface area contributed by atoms with Gasteiger partial charge in [-0.15, -0.1) is 0 Å². The topological polar surface area (TPSA) is 18.5 Å². The van der Waals surface area contributed by atoms with E-state index >= 15 is 0 Å². The first kappa shape index (κ1) is 25.7. The van der Waals surface area contributed by atoms with Gasteiger partial charge in [0.05, 0.1) is 0 Å². The molecule has 0 fully saturated rings. The molecular formula is C24H48O2. The van der Waals surface area contributed by atoms with Crippen LogP contribution in [0.15, 0.2) is 11.6 Å². The second kappa shape index (κ2) is 15.7. The molecule has 156 valence electrons. The lowest BCUT2D eigenvalue weighted by Gasteiger charge is -2.29. The SMILES string of the molecule is CCCOC(C)(CCC=C(C)CCCC(C)CCCC(C)C)OCCC. The summed E-state index contributed by atoms with van der Waals surface area (Å²) in [6.45, 7) is 17.3. The summed E-state index contributed by atoms with van der Waals surface area (Å²) in [5.41, 5.74) is 1.52. The standard InChI is InChI=1S/C24H48O2/c1-8-19-25-24(7,26-20-9-2)18-12-17-23(6)16-11-15-22(5)14-10-13-21(3)4/h17,21-22H,8-16,18-20H2,1-7H3. The third kappa shape index (κ3) is 14.8. The van der Waals surface area contributed by atoms with E-state index in [1.54, 1.807) is 0 Å². The zero-order chi connectivity index (χ0) is 19.8. The van der Waals surface area contributed by atoms with E-state index in [0.717, 1.165) is 50.7 Å². The summed E-state index contributed by atoms with van der Waals surface area (Å²) in [6.07, 6.45) is 14.5. The first-order valence-corrected chi connectivity index (χ1v) is 11.3. The Bertz CT molecular complexity index is 338. The number of allylic oxidation sites excluding steroid dienone is 2. The van der Waals surface area contributed by atoms with Crippen molar-refractivity contribution in [1.82, 2.24) is 0 Å². The molecule has 0 amide bonds. The van der Waals surface area contributed by atoms with Gasteiger partial charge in [0.25, 0.3) is 0 Å². The molecule has 0 heterocycles. The molecule has 0 aliphatic rings. The van der Waals surface area contributed by atoms with Crippen LogP contribution in [0.5, 0.6) is 0 Å². The molecule has 0 bridgehead atoms. The Labute approximate surface area is 165 Å². The average Bonchev–Trinajstić information content (AvgIpc) is 2.58. The van der Waals surface area contributed by atoms with E-state index in [2.05, 4.69) is 54.5 Å². The van der Waals surface area contributed by atoms with Crippen molar-refractivity contribution in [3.63, 3.8) is 0 Å².